The van der Waals surface area contributed by atoms with Crippen molar-refractivity contribution in [2.24, 2.45) is 0 Å². The highest BCUT2D eigenvalue weighted by Gasteiger charge is 2.50. The van der Waals surface area contributed by atoms with Crippen LogP contribution in [0.5, 0.6) is 5.75 Å². The van der Waals surface area contributed by atoms with E-state index in [1.165, 1.54) is 0 Å². The molecule has 118 valence electrons. The van der Waals surface area contributed by atoms with Crippen LogP contribution in [0.1, 0.15) is 13.3 Å². The lowest BCUT2D eigenvalue weighted by atomic mass is 9.91. The van der Waals surface area contributed by atoms with Gasteiger partial charge in [0, 0.05) is 36.1 Å². The first-order chi connectivity index (χ1) is 10.5. The summed E-state index contributed by atoms with van der Waals surface area (Å²) >= 11 is 1.99. The van der Waals surface area contributed by atoms with E-state index in [1.807, 2.05) is 40.9 Å². The molecule has 1 spiro atoms. The first-order valence-electron chi connectivity index (χ1n) is 7.51. The third-order valence-corrected chi connectivity index (χ3v) is 5.89. The van der Waals surface area contributed by atoms with Gasteiger partial charge in [-0.1, -0.05) is 6.58 Å². The van der Waals surface area contributed by atoms with E-state index < -0.39 is 0 Å². The molecule has 0 saturated carbocycles. The van der Waals surface area contributed by atoms with Gasteiger partial charge in [-0.3, -0.25) is 4.79 Å². The number of methoxy groups -OCH3 is 1. The number of nitrogens with zero attached hydrogens (tertiary/aromatic N) is 1. The zero-order valence-electron chi connectivity index (χ0n) is 13.1. The highest BCUT2D eigenvalue weighted by atomic mass is 32.2. The van der Waals surface area contributed by atoms with Gasteiger partial charge in [0.2, 0.25) is 5.91 Å². The van der Waals surface area contributed by atoms with Gasteiger partial charge < -0.3 is 15.0 Å². The average Bonchev–Trinajstić information content (AvgIpc) is 2.90. The number of thioether (sulfide) groups is 1. The van der Waals surface area contributed by atoms with Crippen LogP contribution in [0.4, 0.5) is 5.69 Å². The van der Waals surface area contributed by atoms with Gasteiger partial charge in [0.15, 0.2) is 0 Å². The van der Waals surface area contributed by atoms with E-state index in [9.17, 15) is 4.79 Å². The molecule has 1 atom stereocenters. The van der Waals surface area contributed by atoms with Crippen LogP contribution in [0.15, 0.2) is 36.4 Å². The zero-order chi connectivity index (χ0) is 15.7. The van der Waals surface area contributed by atoms with E-state index in [1.54, 1.807) is 14.0 Å². The molecule has 1 amide bonds. The molecule has 0 aromatic heterocycles. The Labute approximate surface area is 135 Å². The summed E-state index contributed by atoms with van der Waals surface area (Å²) in [6.07, 6.45) is 1.10. The minimum Gasteiger partial charge on any atom is -0.497 e. The summed E-state index contributed by atoms with van der Waals surface area (Å²) in [5, 5.41) is 3.58. The minimum absolute atomic E-state index is 0.0952. The van der Waals surface area contributed by atoms with Crippen molar-refractivity contribution < 1.29 is 9.53 Å². The number of carbonyl (C=O) groups is 1. The molecule has 0 aliphatic carbocycles. The van der Waals surface area contributed by atoms with Gasteiger partial charge in [-0.2, -0.15) is 0 Å². The van der Waals surface area contributed by atoms with Crippen molar-refractivity contribution >= 4 is 23.4 Å². The topological polar surface area (TPSA) is 41.6 Å². The van der Waals surface area contributed by atoms with Gasteiger partial charge >= 0.3 is 0 Å². The van der Waals surface area contributed by atoms with Gasteiger partial charge in [-0.25, -0.2) is 0 Å². The summed E-state index contributed by atoms with van der Waals surface area (Å²) in [5.41, 5.74) is 1.75. The predicted molar refractivity (Wildman–Crippen MR) is 91.6 cm³/mol. The van der Waals surface area contributed by atoms with Crippen molar-refractivity contribution in [3.63, 3.8) is 0 Å². The van der Waals surface area contributed by atoms with Crippen LogP contribution in [0, 0.1) is 0 Å². The first-order valence-corrected chi connectivity index (χ1v) is 8.49. The summed E-state index contributed by atoms with van der Waals surface area (Å²) < 4.78 is 5.42. The van der Waals surface area contributed by atoms with Crippen LogP contribution in [-0.4, -0.2) is 47.5 Å². The molecule has 0 bridgehead atoms. The lowest BCUT2D eigenvalue weighted by Gasteiger charge is -2.47. The largest absolute Gasteiger partial charge is 0.497 e. The summed E-state index contributed by atoms with van der Waals surface area (Å²) in [6.45, 7) is 7.22. The number of hydrogen-bond donors (Lipinski definition) is 1. The maximum Gasteiger partial charge on any atom is 0.248 e. The number of ether oxygens (including phenoxy) is 1. The van der Waals surface area contributed by atoms with E-state index in [0.717, 1.165) is 36.7 Å². The van der Waals surface area contributed by atoms with Crippen molar-refractivity contribution in [1.82, 2.24) is 4.90 Å². The van der Waals surface area contributed by atoms with E-state index >= 15 is 0 Å². The molecule has 1 unspecified atom stereocenters. The van der Waals surface area contributed by atoms with Crippen LogP contribution >= 0.6 is 11.8 Å². The second kappa shape index (κ2) is 5.88. The number of hydrogen-bond acceptors (Lipinski definition) is 4. The average molecular weight is 318 g/mol. The molecule has 22 heavy (non-hydrogen) atoms. The van der Waals surface area contributed by atoms with E-state index in [2.05, 4.69) is 11.9 Å². The maximum atomic E-state index is 11.9. The Balaban J connectivity index is 1.53. The normalized spacial score (nSPS) is 22.3. The lowest BCUT2D eigenvalue weighted by molar-refractivity contribution is -0.132. The van der Waals surface area contributed by atoms with Gasteiger partial charge in [-0.15, -0.1) is 11.8 Å². The molecule has 2 aliphatic heterocycles. The molecule has 1 N–H and O–H groups in total. The van der Waals surface area contributed by atoms with E-state index in [4.69, 9.17) is 4.74 Å². The van der Waals surface area contributed by atoms with Crippen molar-refractivity contribution in [2.75, 3.05) is 31.3 Å². The fourth-order valence-corrected chi connectivity index (χ4v) is 4.71. The summed E-state index contributed by atoms with van der Waals surface area (Å²) in [7, 11) is 1.68. The molecule has 2 aliphatic rings. The monoisotopic (exact) mass is 318 g/mol. The van der Waals surface area contributed by atoms with Gasteiger partial charge in [0.1, 0.15) is 5.75 Å². The number of amides is 1. The van der Waals surface area contributed by atoms with Crippen LogP contribution in [0.3, 0.4) is 0 Å². The Hall–Kier alpha value is -1.62. The molecule has 5 heteroatoms. The number of benzene rings is 1. The lowest BCUT2D eigenvalue weighted by Crippen LogP contribution is -2.61. The molecular formula is C17H22N2O2S. The van der Waals surface area contributed by atoms with E-state index in [0.29, 0.717) is 11.6 Å². The molecule has 2 heterocycles. The number of likely N-dealkylation sites (tertiary alicyclic amines) is 1. The Kier molecular flexibility index (Phi) is 4.08. The summed E-state index contributed by atoms with van der Waals surface area (Å²) in [5.74, 6) is 2.05. The second-order valence-electron chi connectivity index (χ2n) is 6.21. The molecule has 0 radical (unpaired) electrons. The molecule has 2 saturated heterocycles. The highest BCUT2D eigenvalue weighted by molar-refractivity contribution is 8.01. The first kappa shape index (κ1) is 15.3. The summed E-state index contributed by atoms with van der Waals surface area (Å²) in [6, 6.07) is 8.49. The van der Waals surface area contributed by atoms with E-state index in [-0.39, 0.29) is 10.7 Å². The zero-order valence-corrected chi connectivity index (χ0v) is 13.9. The van der Waals surface area contributed by atoms with Gasteiger partial charge in [-0.05, 0) is 37.6 Å². The molecule has 4 nitrogen and oxygen atoms in total. The fourth-order valence-electron chi connectivity index (χ4n) is 3.14. The fraction of sp³-hybridized carbons (Fsp3) is 0.471. The summed E-state index contributed by atoms with van der Waals surface area (Å²) in [4.78, 5) is 13.8. The Morgan fingerprint density at radius 3 is 2.68 bits per heavy atom. The number of nitrogens with one attached hydrogen (secondary N) is 1. The third-order valence-electron chi connectivity index (χ3n) is 4.28. The molecular weight excluding hydrogens is 296 g/mol. The number of anilines is 1. The van der Waals surface area contributed by atoms with Gasteiger partial charge in [0.25, 0.3) is 0 Å². The van der Waals surface area contributed by atoms with Crippen molar-refractivity contribution in [2.45, 2.75) is 24.1 Å². The quantitative estimate of drug-likeness (QED) is 0.867. The molecule has 3 rings (SSSR count). The predicted octanol–water partition coefficient (Wildman–Crippen LogP) is 2.77. The highest BCUT2D eigenvalue weighted by Crippen LogP contribution is 2.46. The smallest absolute Gasteiger partial charge is 0.248 e. The van der Waals surface area contributed by atoms with Crippen LogP contribution < -0.4 is 10.1 Å². The van der Waals surface area contributed by atoms with Crippen LogP contribution in [0.2, 0.25) is 0 Å². The number of carbonyl (C=O) groups excluding carboxylic acids is 1. The molecule has 1 aromatic rings. The van der Waals surface area contributed by atoms with Crippen LogP contribution in [-0.2, 0) is 4.79 Å². The minimum atomic E-state index is 0.0952. The Morgan fingerprint density at radius 2 is 2.09 bits per heavy atom. The van der Waals surface area contributed by atoms with Gasteiger partial charge in [0.05, 0.1) is 11.9 Å². The second-order valence-corrected chi connectivity index (χ2v) is 7.70. The Bertz CT molecular complexity index is 579. The molecule has 1 aromatic carbocycles. The standard InChI is InChI=1S/C17H22N2O2S/c1-12(2)16(20)19-10-17(11-19)8-14(9-22-17)18-13-4-6-15(21-3)7-5-13/h4-7,14,18H,1,8-11H2,2-3H3. The van der Waals surface area contributed by atoms with Crippen molar-refractivity contribution in [1.29, 1.82) is 0 Å². The number of rotatable bonds is 4. The SMILES string of the molecule is C=C(C)C(=O)N1CC2(CC(Nc3ccc(OC)cc3)CS2)C1. The van der Waals surface area contributed by atoms with Crippen molar-refractivity contribution in [3.8, 4) is 5.75 Å². The van der Waals surface area contributed by atoms with Crippen LogP contribution in [0.25, 0.3) is 0 Å². The molecule has 2 fully saturated rings. The third kappa shape index (κ3) is 2.95. The Morgan fingerprint density at radius 1 is 1.41 bits per heavy atom. The van der Waals surface area contributed by atoms with Crippen molar-refractivity contribution in [3.05, 3.63) is 36.4 Å². The maximum absolute atomic E-state index is 11.9.